The van der Waals surface area contributed by atoms with Crippen molar-refractivity contribution in [2.45, 2.75) is 58.4 Å². The molecule has 5 atom stereocenters. The van der Waals surface area contributed by atoms with E-state index in [1.54, 1.807) is 0 Å². The van der Waals surface area contributed by atoms with Crippen molar-refractivity contribution in [2.75, 3.05) is 33.0 Å². The van der Waals surface area contributed by atoms with Crippen LogP contribution in [0, 0.1) is 0 Å². The van der Waals surface area contributed by atoms with Crippen molar-refractivity contribution in [2.24, 2.45) is 5.11 Å². The minimum atomic E-state index is -1.30. The van der Waals surface area contributed by atoms with Gasteiger partial charge in [-0.15, -0.1) is 0 Å². The molecule has 14 heteroatoms. The first-order valence-corrected chi connectivity index (χ1v) is 9.66. The standard InChI is InChI=1S/C18H27N3O11/c1-10(22)28-9-14-15(29-11(2)23)16(30-12(3)24)17(31-13(4)25)18(32-14)27-8-7-26-6-5-20-21-19/h14-18H,5-9H2,1-4H3/t14-,15+,16+,17-,18-/m1/s1. The zero-order valence-corrected chi connectivity index (χ0v) is 18.3. The van der Waals surface area contributed by atoms with Gasteiger partial charge in [-0.3, -0.25) is 19.2 Å². The highest BCUT2D eigenvalue weighted by Gasteiger charge is 2.52. The van der Waals surface area contributed by atoms with Crippen LogP contribution in [0.25, 0.3) is 10.4 Å². The lowest BCUT2D eigenvalue weighted by Crippen LogP contribution is -2.63. The van der Waals surface area contributed by atoms with Gasteiger partial charge in [0.15, 0.2) is 24.6 Å². The van der Waals surface area contributed by atoms with E-state index < -0.39 is 54.6 Å². The molecule has 180 valence electrons. The van der Waals surface area contributed by atoms with Crippen molar-refractivity contribution in [1.29, 1.82) is 0 Å². The van der Waals surface area contributed by atoms with Gasteiger partial charge in [0, 0.05) is 39.2 Å². The molecule has 0 N–H and O–H groups in total. The number of nitrogens with zero attached hydrogens (tertiary/aromatic N) is 3. The molecule has 1 fully saturated rings. The highest BCUT2D eigenvalue weighted by atomic mass is 16.7. The normalized spacial score (nSPS) is 24.6. The van der Waals surface area contributed by atoms with Gasteiger partial charge in [-0.05, 0) is 5.53 Å². The Balaban J connectivity index is 3.05. The summed E-state index contributed by atoms with van der Waals surface area (Å²) in [6.07, 6.45) is -6.20. The average molecular weight is 461 g/mol. The van der Waals surface area contributed by atoms with E-state index in [4.69, 9.17) is 38.7 Å². The molecule has 1 aliphatic heterocycles. The smallest absolute Gasteiger partial charge is 0.303 e. The number of carbonyl (C=O) groups is 4. The van der Waals surface area contributed by atoms with Crippen LogP contribution in [0.3, 0.4) is 0 Å². The Hall–Kier alpha value is -2.93. The average Bonchev–Trinajstić information content (AvgIpc) is 2.68. The van der Waals surface area contributed by atoms with Crippen LogP contribution in [0.15, 0.2) is 5.11 Å². The summed E-state index contributed by atoms with van der Waals surface area (Å²) in [5.74, 6) is -2.81. The summed E-state index contributed by atoms with van der Waals surface area (Å²) >= 11 is 0. The molecule has 14 nitrogen and oxygen atoms in total. The number of hydrogen-bond acceptors (Lipinski definition) is 12. The topological polar surface area (TPSA) is 182 Å². The summed E-state index contributed by atoms with van der Waals surface area (Å²) in [5.41, 5.74) is 8.23. The van der Waals surface area contributed by atoms with Gasteiger partial charge in [-0.25, -0.2) is 0 Å². The number of rotatable bonds is 12. The number of hydrogen-bond donors (Lipinski definition) is 0. The fourth-order valence-electron chi connectivity index (χ4n) is 2.80. The van der Waals surface area contributed by atoms with Crippen LogP contribution < -0.4 is 0 Å². The van der Waals surface area contributed by atoms with Crippen molar-refractivity contribution in [3.8, 4) is 0 Å². The quantitative estimate of drug-likeness (QED) is 0.0980. The molecule has 0 radical (unpaired) electrons. The molecule has 0 amide bonds. The molecule has 32 heavy (non-hydrogen) atoms. The SMILES string of the molecule is CC(=O)OC[C@H]1O[C@@H](OCCOCCN=[N+]=[N-])[C@H](OC(C)=O)[C@@H](OC(C)=O)[C@H]1OC(C)=O. The van der Waals surface area contributed by atoms with Gasteiger partial charge in [0.2, 0.25) is 0 Å². The van der Waals surface area contributed by atoms with E-state index >= 15 is 0 Å². The van der Waals surface area contributed by atoms with Crippen LogP contribution in [0.4, 0.5) is 0 Å². The summed E-state index contributed by atoms with van der Waals surface area (Å²) in [7, 11) is 0. The molecule has 1 saturated heterocycles. The molecule has 1 heterocycles. The van der Waals surface area contributed by atoms with E-state index in [0.29, 0.717) is 0 Å². The minimum absolute atomic E-state index is 0.0377. The summed E-state index contributed by atoms with van der Waals surface area (Å²) in [4.78, 5) is 48.9. The molecule has 0 aromatic rings. The molecule has 0 spiro atoms. The minimum Gasteiger partial charge on any atom is -0.463 e. The number of carbonyl (C=O) groups excluding carboxylic acids is 4. The number of esters is 4. The summed E-state index contributed by atoms with van der Waals surface area (Å²) in [6, 6.07) is 0. The second-order valence-corrected chi connectivity index (χ2v) is 6.51. The van der Waals surface area contributed by atoms with E-state index in [9.17, 15) is 19.2 Å². The Kier molecular flexibility index (Phi) is 12.0. The lowest BCUT2D eigenvalue weighted by atomic mass is 9.98. The zero-order valence-electron chi connectivity index (χ0n) is 18.3. The first-order valence-electron chi connectivity index (χ1n) is 9.66. The van der Waals surface area contributed by atoms with Crippen LogP contribution >= 0.6 is 0 Å². The fraction of sp³-hybridized carbons (Fsp3) is 0.778. The number of azide groups is 1. The molecule has 0 aromatic heterocycles. The van der Waals surface area contributed by atoms with Crippen molar-refractivity contribution in [3.05, 3.63) is 10.4 Å². The molecule has 0 saturated carbocycles. The van der Waals surface area contributed by atoms with E-state index in [2.05, 4.69) is 10.0 Å². The first kappa shape index (κ1) is 27.1. The Morgan fingerprint density at radius 2 is 1.44 bits per heavy atom. The van der Waals surface area contributed by atoms with E-state index in [-0.39, 0.29) is 33.0 Å². The molecule has 0 aliphatic carbocycles. The molecule has 1 aliphatic rings. The first-order chi connectivity index (χ1) is 15.1. The van der Waals surface area contributed by atoms with E-state index in [0.717, 1.165) is 20.8 Å². The molecule has 0 unspecified atom stereocenters. The summed E-state index contributed by atoms with van der Waals surface area (Å²) in [5, 5.41) is 3.32. The fourth-order valence-corrected chi connectivity index (χ4v) is 2.80. The highest BCUT2D eigenvalue weighted by Crippen LogP contribution is 2.29. The predicted molar refractivity (Wildman–Crippen MR) is 103 cm³/mol. The third kappa shape index (κ3) is 9.92. The maximum Gasteiger partial charge on any atom is 0.303 e. The van der Waals surface area contributed by atoms with Gasteiger partial charge < -0.3 is 33.2 Å². The molecule has 0 bridgehead atoms. The second kappa shape index (κ2) is 14.2. The van der Waals surface area contributed by atoms with E-state index in [1.165, 1.54) is 6.92 Å². The molecular formula is C18H27N3O11. The third-order valence-electron chi connectivity index (χ3n) is 3.86. The number of ether oxygens (including phenoxy) is 7. The van der Waals surface area contributed by atoms with Gasteiger partial charge in [-0.1, -0.05) is 5.11 Å². The Morgan fingerprint density at radius 3 is 2.00 bits per heavy atom. The largest absolute Gasteiger partial charge is 0.463 e. The van der Waals surface area contributed by atoms with Gasteiger partial charge in [0.1, 0.15) is 12.7 Å². The van der Waals surface area contributed by atoms with Gasteiger partial charge in [0.25, 0.3) is 0 Å². The monoisotopic (exact) mass is 461 g/mol. The van der Waals surface area contributed by atoms with Gasteiger partial charge in [0.05, 0.1) is 19.8 Å². The maximum absolute atomic E-state index is 11.7. The molecule has 0 aromatic carbocycles. The Morgan fingerprint density at radius 1 is 0.844 bits per heavy atom. The van der Waals surface area contributed by atoms with Crippen LogP contribution in [0.5, 0.6) is 0 Å². The van der Waals surface area contributed by atoms with Crippen LogP contribution in [0.1, 0.15) is 27.7 Å². The predicted octanol–water partition coefficient (Wildman–Crippen LogP) is 0.413. The van der Waals surface area contributed by atoms with Crippen molar-refractivity contribution in [1.82, 2.24) is 0 Å². The van der Waals surface area contributed by atoms with Crippen molar-refractivity contribution >= 4 is 23.9 Å². The second-order valence-electron chi connectivity index (χ2n) is 6.51. The lowest BCUT2D eigenvalue weighted by molar-refractivity contribution is -0.309. The maximum atomic E-state index is 11.7. The highest BCUT2D eigenvalue weighted by molar-refractivity contribution is 5.68. The van der Waals surface area contributed by atoms with Crippen LogP contribution in [-0.2, 0) is 52.3 Å². The summed E-state index contributed by atoms with van der Waals surface area (Å²) in [6.45, 7) is 4.55. The Labute approximate surface area is 184 Å². The molecule has 1 rings (SSSR count). The van der Waals surface area contributed by atoms with Crippen LogP contribution in [-0.4, -0.2) is 87.6 Å². The van der Waals surface area contributed by atoms with Crippen LogP contribution in [0.2, 0.25) is 0 Å². The summed E-state index contributed by atoms with van der Waals surface area (Å²) < 4.78 is 37.3. The third-order valence-corrected chi connectivity index (χ3v) is 3.86. The zero-order chi connectivity index (χ0) is 24.1. The van der Waals surface area contributed by atoms with Gasteiger partial charge in [-0.2, -0.15) is 0 Å². The Bertz CT molecular complexity index is 710. The van der Waals surface area contributed by atoms with Gasteiger partial charge >= 0.3 is 23.9 Å². The van der Waals surface area contributed by atoms with Crippen molar-refractivity contribution in [3.63, 3.8) is 0 Å². The molecular weight excluding hydrogens is 434 g/mol. The lowest BCUT2D eigenvalue weighted by Gasteiger charge is -2.44. The van der Waals surface area contributed by atoms with Crippen molar-refractivity contribution < 1.29 is 52.3 Å². The van der Waals surface area contributed by atoms with E-state index in [1.807, 2.05) is 0 Å².